The van der Waals surface area contributed by atoms with Crippen LogP contribution in [0.15, 0.2) is 12.1 Å². The maximum Gasteiger partial charge on any atom is 0.157 e. The van der Waals surface area contributed by atoms with E-state index in [-0.39, 0.29) is 34.2 Å². The van der Waals surface area contributed by atoms with Gasteiger partial charge in [0.25, 0.3) is 0 Å². The quantitative estimate of drug-likeness (QED) is 0.765. The SMILES string of the molecule is Fc1cc(C2(F)CC2)cc(F)c1-c1nnc(Cl)c2c1CC1CCC2O1. The Morgan fingerprint density at radius 2 is 1.84 bits per heavy atom. The van der Waals surface area contributed by atoms with E-state index in [2.05, 4.69) is 10.2 Å². The molecule has 1 aromatic heterocycles. The Morgan fingerprint density at radius 1 is 1.12 bits per heavy atom. The van der Waals surface area contributed by atoms with Crippen molar-refractivity contribution in [2.75, 3.05) is 0 Å². The molecule has 0 spiro atoms. The maximum absolute atomic E-state index is 14.7. The number of hydrogen-bond donors (Lipinski definition) is 0. The summed E-state index contributed by atoms with van der Waals surface area (Å²) in [5, 5.41) is 8.07. The molecule has 2 atom stereocenters. The molecule has 3 heterocycles. The standard InChI is InChI=1S/C18H14ClF3N2O/c19-17-14-10(7-9-1-2-13(14)25-9)16(23-24-17)15-11(20)5-8(6-12(15)21)18(22)3-4-18/h5-6,9,13H,1-4,7H2. The fraction of sp³-hybridized carbons (Fsp3) is 0.444. The van der Waals surface area contributed by atoms with Crippen LogP contribution in [0.1, 0.15) is 48.5 Å². The van der Waals surface area contributed by atoms with Crippen LogP contribution in [-0.4, -0.2) is 16.3 Å². The lowest BCUT2D eigenvalue weighted by molar-refractivity contribution is 0.0321. The van der Waals surface area contributed by atoms with Gasteiger partial charge in [-0.05, 0) is 48.9 Å². The molecule has 2 aliphatic heterocycles. The Labute approximate surface area is 147 Å². The van der Waals surface area contributed by atoms with Crippen molar-refractivity contribution in [2.24, 2.45) is 0 Å². The number of nitrogens with zero attached hydrogens (tertiary/aromatic N) is 2. The first-order valence-corrected chi connectivity index (χ1v) is 8.73. The minimum atomic E-state index is -1.60. The summed E-state index contributed by atoms with van der Waals surface area (Å²) in [4.78, 5) is 0. The summed E-state index contributed by atoms with van der Waals surface area (Å²) in [6.07, 6.45) is 2.54. The van der Waals surface area contributed by atoms with Gasteiger partial charge in [0.1, 0.15) is 23.0 Å². The molecule has 2 aromatic rings. The lowest BCUT2D eigenvalue weighted by Gasteiger charge is -2.26. The van der Waals surface area contributed by atoms with Gasteiger partial charge >= 0.3 is 0 Å². The minimum absolute atomic E-state index is 0.00230. The van der Waals surface area contributed by atoms with E-state index in [0.717, 1.165) is 25.0 Å². The van der Waals surface area contributed by atoms with Crippen molar-refractivity contribution in [1.82, 2.24) is 10.2 Å². The van der Waals surface area contributed by atoms with Crippen molar-refractivity contribution < 1.29 is 17.9 Å². The molecule has 5 rings (SSSR count). The van der Waals surface area contributed by atoms with Gasteiger partial charge in [0.15, 0.2) is 5.15 Å². The lowest BCUT2D eigenvalue weighted by Crippen LogP contribution is -2.21. The number of aromatic nitrogens is 2. The predicted molar refractivity (Wildman–Crippen MR) is 85.0 cm³/mol. The number of ether oxygens (including phenoxy) is 1. The number of benzene rings is 1. The highest BCUT2D eigenvalue weighted by atomic mass is 35.5. The molecule has 1 saturated carbocycles. The second-order valence-corrected chi connectivity index (χ2v) is 7.40. The lowest BCUT2D eigenvalue weighted by atomic mass is 9.93. The molecule has 2 fully saturated rings. The summed E-state index contributed by atoms with van der Waals surface area (Å²) in [7, 11) is 0. The first-order chi connectivity index (χ1) is 12.0. The Bertz CT molecular complexity index is 877. The van der Waals surface area contributed by atoms with Gasteiger partial charge in [0.05, 0.1) is 17.8 Å². The highest BCUT2D eigenvalue weighted by Crippen LogP contribution is 2.51. The molecule has 0 amide bonds. The third-order valence-corrected chi connectivity index (χ3v) is 5.70. The van der Waals surface area contributed by atoms with Crippen molar-refractivity contribution in [1.29, 1.82) is 0 Å². The van der Waals surface area contributed by atoms with E-state index in [1.165, 1.54) is 0 Å². The highest BCUT2D eigenvalue weighted by Gasteiger charge is 2.46. The Hall–Kier alpha value is -1.66. The minimum Gasteiger partial charge on any atom is -0.370 e. The van der Waals surface area contributed by atoms with Gasteiger partial charge in [-0.15, -0.1) is 10.2 Å². The number of alkyl halides is 1. The van der Waals surface area contributed by atoms with Crippen LogP contribution < -0.4 is 0 Å². The van der Waals surface area contributed by atoms with Crippen molar-refractivity contribution >= 4 is 11.6 Å². The predicted octanol–water partition coefficient (Wildman–Crippen LogP) is 4.81. The number of halogens is 4. The molecule has 1 aliphatic carbocycles. The van der Waals surface area contributed by atoms with Crippen molar-refractivity contribution in [3.05, 3.63) is 45.6 Å². The second kappa shape index (κ2) is 5.17. The third-order valence-electron chi connectivity index (χ3n) is 5.42. The molecule has 7 heteroatoms. The van der Waals surface area contributed by atoms with Gasteiger partial charge < -0.3 is 4.74 Å². The van der Waals surface area contributed by atoms with Crippen LogP contribution in [0.25, 0.3) is 11.3 Å². The first-order valence-electron chi connectivity index (χ1n) is 8.35. The molecular formula is C18H14ClF3N2O. The van der Waals surface area contributed by atoms with Crippen molar-refractivity contribution in [3.63, 3.8) is 0 Å². The third kappa shape index (κ3) is 2.30. The molecular weight excluding hydrogens is 353 g/mol. The molecule has 2 bridgehead atoms. The van der Waals surface area contributed by atoms with Gasteiger partial charge in [-0.3, -0.25) is 0 Å². The summed E-state index contributed by atoms with van der Waals surface area (Å²) in [5.74, 6) is -1.65. The van der Waals surface area contributed by atoms with E-state index >= 15 is 0 Å². The molecule has 2 unspecified atom stereocenters. The van der Waals surface area contributed by atoms with Gasteiger partial charge in [-0.25, -0.2) is 13.2 Å². The normalized spacial score (nSPS) is 25.8. The summed E-state index contributed by atoms with van der Waals surface area (Å²) in [5.41, 5.74) is -0.318. The fourth-order valence-electron chi connectivity index (χ4n) is 3.95. The first kappa shape index (κ1) is 15.6. The zero-order valence-corrected chi connectivity index (χ0v) is 13.9. The van der Waals surface area contributed by atoms with E-state index in [1.54, 1.807) is 0 Å². The number of fused-ring (bicyclic) bond motifs is 4. The summed E-state index contributed by atoms with van der Waals surface area (Å²) in [6, 6.07) is 2.14. The Kier molecular flexibility index (Phi) is 3.23. The molecule has 1 aromatic carbocycles. The van der Waals surface area contributed by atoms with E-state index in [0.29, 0.717) is 30.4 Å². The fourth-order valence-corrected chi connectivity index (χ4v) is 4.22. The number of rotatable bonds is 2. The largest absolute Gasteiger partial charge is 0.370 e. The van der Waals surface area contributed by atoms with Gasteiger partial charge in [0.2, 0.25) is 0 Å². The Morgan fingerprint density at radius 3 is 2.52 bits per heavy atom. The van der Waals surface area contributed by atoms with E-state index < -0.39 is 17.3 Å². The summed E-state index contributed by atoms with van der Waals surface area (Å²) in [6.45, 7) is 0. The topological polar surface area (TPSA) is 35.0 Å². The van der Waals surface area contributed by atoms with Crippen LogP contribution in [0.3, 0.4) is 0 Å². The van der Waals surface area contributed by atoms with Crippen LogP contribution in [0.5, 0.6) is 0 Å². The van der Waals surface area contributed by atoms with E-state index in [9.17, 15) is 13.2 Å². The molecule has 25 heavy (non-hydrogen) atoms. The van der Waals surface area contributed by atoms with Crippen LogP contribution in [0.4, 0.5) is 13.2 Å². The zero-order chi connectivity index (χ0) is 17.3. The second-order valence-electron chi connectivity index (χ2n) is 7.04. The van der Waals surface area contributed by atoms with Crippen LogP contribution in [0, 0.1) is 11.6 Å². The maximum atomic E-state index is 14.7. The molecule has 1 saturated heterocycles. The van der Waals surface area contributed by atoms with Gasteiger partial charge in [-0.1, -0.05) is 11.6 Å². The average molecular weight is 367 g/mol. The van der Waals surface area contributed by atoms with Gasteiger partial charge in [0, 0.05) is 12.0 Å². The van der Waals surface area contributed by atoms with Gasteiger partial charge in [-0.2, -0.15) is 0 Å². The van der Waals surface area contributed by atoms with Crippen molar-refractivity contribution in [3.8, 4) is 11.3 Å². The van der Waals surface area contributed by atoms with Crippen molar-refractivity contribution in [2.45, 2.75) is 50.0 Å². The molecule has 3 aliphatic rings. The van der Waals surface area contributed by atoms with Crippen LogP contribution >= 0.6 is 11.6 Å². The number of hydrogen-bond acceptors (Lipinski definition) is 3. The summed E-state index contributed by atoms with van der Waals surface area (Å²) >= 11 is 6.18. The summed E-state index contributed by atoms with van der Waals surface area (Å²) < 4.78 is 49.4. The van der Waals surface area contributed by atoms with E-state index in [1.807, 2.05) is 0 Å². The molecule has 3 nitrogen and oxygen atoms in total. The van der Waals surface area contributed by atoms with Crippen LogP contribution in [-0.2, 0) is 16.8 Å². The average Bonchev–Trinajstić information content (AvgIpc) is 3.22. The molecule has 130 valence electrons. The molecule has 0 N–H and O–H groups in total. The zero-order valence-electron chi connectivity index (χ0n) is 13.2. The monoisotopic (exact) mass is 366 g/mol. The smallest absolute Gasteiger partial charge is 0.157 e. The highest BCUT2D eigenvalue weighted by molar-refractivity contribution is 6.30. The molecule has 0 radical (unpaired) electrons. The van der Waals surface area contributed by atoms with E-state index in [4.69, 9.17) is 16.3 Å². The Balaban J connectivity index is 1.69. The van der Waals surface area contributed by atoms with Crippen LogP contribution in [0.2, 0.25) is 5.15 Å².